The van der Waals surface area contributed by atoms with Crippen molar-refractivity contribution in [1.82, 2.24) is 5.32 Å². The molecule has 0 heterocycles. The number of ether oxygens (including phenoxy) is 1. The Bertz CT molecular complexity index is 361. The van der Waals surface area contributed by atoms with Crippen LogP contribution in [0.25, 0.3) is 0 Å². The first-order chi connectivity index (χ1) is 7.69. The quantitative estimate of drug-likeness (QED) is 0.591. The molecule has 0 aliphatic heterocycles. The molecule has 0 saturated carbocycles. The molecule has 0 amide bonds. The zero-order valence-corrected chi connectivity index (χ0v) is 10.2. The number of rotatable bonds is 6. The molecule has 0 atom stereocenters. The summed E-state index contributed by atoms with van der Waals surface area (Å²) in [6.07, 6.45) is 1.04. The summed E-state index contributed by atoms with van der Waals surface area (Å²) in [5.74, 6) is 0.942. The summed E-state index contributed by atoms with van der Waals surface area (Å²) in [5, 5.41) is 3.10. The molecule has 16 heavy (non-hydrogen) atoms. The lowest BCUT2D eigenvalue weighted by atomic mass is 10.1. The van der Waals surface area contributed by atoms with Crippen LogP contribution in [-0.4, -0.2) is 26.0 Å². The van der Waals surface area contributed by atoms with Crippen LogP contribution in [0.3, 0.4) is 0 Å². The minimum Gasteiger partial charge on any atom is -0.496 e. The summed E-state index contributed by atoms with van der Waals surface area (Å²) in [5.41, 5.74) is 1.73. The molecule has 0 unspecified atom stereocenters. The maximum absolute atomic E-state index is 11.8. The van der Waals surface area contributed by atoms with E-state index in [1.807, 2.05) is 25.1 Å². The van der Waals surface area contributed by atoms with Crippen molar-refractivity contribution in [2.75, 3.05) is 20.2 Å². The average molecular weight is 221 g/mol. The fraction of sp³-hybridized carbons (Fsp3) is 0.462. The van der Waals surface area contributed by atoms with Crippen molar-refractivity contribution in [2.24, 2.45) is 0 Å². The van der Waals surface area contributed by atoms with Crippen molar-refractivity contribution in [3.05, 3.63) is 29.3 Å². The van der Waals surface area contributed by atoms with Crippen molar-refractivity contribution in [2.45, 2.75) is 20.3 Å². The van der Waals surface area contributed by atoms with Crippen molar-refractivity contribution >= 4 is 5.78 Å². The number of benzene rings is 1. The largest absolute Gasteiger partial charge is 0.496 e. The summed E-state index contributed by atoms with van der Waals surface area (Å²) < 4.78 is 5.15. The molecule has 3 nitrogen and oxygen atoms in total. The Morgan fingerprint density at radius 2 is 2.19 bits per heavy atom. The van der Waals surface area contributed by atoms with Gasteiger partial charge in [-0.2, -0.15) is 0 Å². The SMILES string of the molecule is CCCNCC(=O)c1ccc(OC)c(C)c1. The van der Waals surface area contributed by atoms with Crippen molar-refractivity contribution in [3.63, 3.8) is 0 Å². The van der Waals surface area contributed by atoms with E-state index in [-0.39, 0.29) is 5.78 Å². The number of carbonyl (C=O) groups excluding carboxylic acids is 1. The van der Waals surface area contributed by atoms with Gasteiger partial charge in [0.2, 0.25) is 0 Å². The van der Waals surface area contributed by atoms with Crippen LogP contribution in [0.4, 0.5) is 0 Å². The van der Waals surface area contributed by atoms with E-state index < -0.39 is 0 Å². The van der Waals surface area contributed by atoms with E-state index in [1.54, 1.807) is 7.11 Å². The summed E-state index contributed by atoms with van der Waals surface area (Å²) in [6.45, 7) is 5.30. The second-order valence-electron chi connectivity index (χ2n) is 3.78. The van der Waals surface area contributed by atoms with Gasteiger partial charge in [-0.3, -0.25) is 4.79 Å². The lowest BCUT2D eigenvalue weighted by molar-refractivity contribution is 0.0991. The Hall–Kier alpha value is -1.35. The molecule has 1 rings (SSSR count). The monoisotopic (exact) mass is 221 g/mol. The molecule has 88 valence electrons. The second kappa shape index (κ2) is 6.28. The van der Waals surface area contributed by atoms with Gasteiger partial charge in [-0.05, 0) is 43.7 Å². The topological polar surface area (TPSA) is 38.3 Å². The van der Waals surface area contributed by atoms with Gasteiger partial charge in [0.25, 0.3) is 0 Å². The molecular weight excluding hydrogens is 202 g/mol. The normalized spacial score (nSPS) is 10.2. The van der Waals surface area contributed by atoms with Gasteiger partial charge >= 0.3 is 0 Å². The Kier molecular flexibility index (Phi) is 4.99. The van der Waals surface area contributed by atoms with Crippen LogP contribution >= 0.6 is 0 Å². The molecular formula is C13H19NO2. The lowest BCUT2D eigenvalue weighted by Crippen LogP contribution is -2.23. The summed E-state index contributed by atoms with van der Waals surface area (Å²) in [4.78, 5) is 11.8. The molecule has 0 spiro atoms. The predicted octanol–water partition coefficient (Wildman–Crippen LogP) is 2.19. The first kappa shape index (κ1) is 12.7. The van der Waals surface area contributed by atoms with Gasteiger partial charge in [-0.15, -0.1) is 0 Å². The smallest absolute Gasteiger partial charge is 0.176 e. The van der Waals surface area contributed by atoms with E-state index >= 15 is 0 Å². The summed E-state index contributed by atoms with van der Waals surface area (Å²) >= 11 is 0. The molecule has 3 heteroatoms. The molecule has 0 fully saturated rings. The molecule has 0 bridgehead atoms. The maximum atomic E-state index is 11.8. The first-order valence-electron chi connectivity index (χ1n) is 5.57. The maximum Gasteiger partial charge on any atom is 0.176 e. The standard InChI is InChI=1S/C13H19NO2/c1-4-7-14-9-12(15)11-5-6-13(16-3)10(2)8-11/h5-6,8,14H,4,7,9H2,1-3H3. The van der Waals surface area contributed by atoms with E-state index in [0.29, 0.717) is 6.54 Å². The Morgan fingerprint density at radius 1 is 1.44 bits per heavy atom. The van der Waals surface area contributed by atoms with E-state index in [1.165, 1.54) is 0 Å². The second-order valence-corrected chi connectivity index (χ2v) is 3.78. The Balaban J connectivity index is 2.66. The summed E-state index contributed by atoms with van der Waals surface area (Å²) in [6, 6.07) is 5.51. The minimum absolute atomic E-state index is 0.124. The van der Waals surface area contributed by atoms with Crippen LogP contribution in [-0.2, 0) is 0 Å². The molecule has 0 aliphatic rings. The molecule has 1 aromatic carbocycles. The Labute approximate surface area is 96.8 Å². The van der Waals surface area contributed by atoms with Gasteiger partial charge in [-0.25, -0.2) is 0 Å². The first-order valence-corrected chi connectivity index (χ1v) is 5.57. The van der Waals surface area contributed by atoms with Gasteiger partial charge < -0.3 is 10.1 Å². The highest BCUT2D eigenvalue weighted by Crippen LogP contribution is 2.18. The zero-order valence-electron chi connectivity index (χ0n) is 10.2. The van der Waals surface area contributed by atoms with Crippen molar-refractivity contribution < 1.29 is 9.53 Å². The molecule has 1 N–H and O–H groups in total. The van der Waals surface area contributed by atoms with Gasteiger partial charge in [-0.1, -0.05) is 6.92 Å². The molecule has 1 aromatic rings. The van der Waals surface area contributed by atoms with Crippen LogP contribution in [0.2, 0.25) is 0 Å². The lowest BCUT2D eigenvalue weighted by Gasteiger charge is -2.07. The Morgan fingerprint density at radius 3 is 2.75 bits per heavy atom. The number of nitrogens with one attached hydrogen (secondary N) is 1. The van der Waals surface area contributed by atoms with Gasteiger partial charge in [0, 0.05) is 5.56 Å². The summed E-state index contributed by atoms with van der Waals surface area (Å²) in [7, 11) is 1.63. The van der Waals surface area contributed by atoms with Crippen molar-refractivity contribution in [3.8, 4) is 5.75 Å². The predicted molar refractivity (Wildman–Crippen MR) is 65.2 cm³/mol. The third-order valence-corrected chi connectivity index (χ3v) is 2.43. The van der Waals surface area contributed by atoms with Gasteiger partial charge in [0.15, 0.2) is 5.78 Å². The average Bonchev–Trinajstić information content (AvgIpc) is 2.29. The van der Waals surface area contributed by atoms with Crippen LogP contribution in [0.1, 0.15) is 29.3 Å². The van der Waals surface area contributed by atoms with E-state index in [2.05, 4.69) is 12.2 Å². The van der Waals surface area contributed by atoms with Gasteiger partial charge in [0.1, 0.15) is 5.75 Å². The minimum atomic E-state index is 0.124. The number of ketones is 1. The number of aryl methyl sites for hydroxylation is 1. The van der Waals surface area contributed by atoms with Crippen LogP contribution in [0.5, 0.6) is 5.75 Å². The van der Waals surface area contributed by atoms with Crippen LogP contribution in [0, 0.1) is 6.92 Å². The molecule has 0 saturated heterocycles. The highest BCUT2D eigenvalue weighted by molar-refractivity contribution is 5.97. The highest BCUT2D eigenvalue weighted by atomic mass is 16.5. The highest BCUT2D eigenvalue weighted by Gasteiger charge is 2.07. The fourth-order valence-electron chi connectivity index (χ4n) is 1.53. The number of hydrogen-bond acceptors (Lipinski definition) is 3. The third kappa shape index (κ3) is 3.35. The molecule has 0 aliphatic carbocycles. The zero-order chi connectivity index (χ0) is 12.0. The van der Waals surface area contributed by atoms with E-state index in [9.17, 15) is 4.79 Å². The van der Waals surface area contributed by atoms with Crippen molar-refractivity contribution in [1.29, 1.82) is 0 Å². The van der Waals surface area contributed by atoms with Crippen LogP contribution < -0.4 is 10.1 Å². The fourth-order valence-corrected chi connectivity index (χ4v) is 1.53. The number of hydrogen-bond donors (Lipinski definition) is 1. The third-order valence-electron chi connectivity index (χ3n) is 2.43. The van der Waals surface area contributed by atoms with Crippen LogP contribution in [0.15, 0.2) is 18.2 Å². The number of Topliss-reactive ketones (excluding diaryl/α,β-unsaturated/α-hetero) is 1. The van der Waals surface area contributed by atoms with Gasteiger partial charge in [0.05, 0.1) is 13.7 Å². The molecule has 0 radical (unpaired) electrons. The van der Waals surface area contributed by atoms with E-state index in [4.69, 9.17) is 4.74 Å². The molecule has 0 aromatic heterocycles. The number of methoxy groups -OCH3 is 1. The number of carbonyl (C=O) groups is 1. The van der Waals surface area contributed by atoms with E-state index in [0.717, 1.165) is 29.8 Å².